The number of methoxy groups -OCH3 is 2. The molecule has 9 heteroatoms. The van der Waals surface area contributed by atoms with Gasteiger partial charge in [-0.3, -0.25) is 9.59 Å². The highest BCUT2D eigenvalue weighted by Crippen LogP contribution is 2.39. The van der Waals surface area contributed by atoms with Gasteiger partial charge in [-0.1, -0.05) is 0 Å². The van der Waals surface area contributed by atoms with Crippen LogP contribution in [-0.4, -0.2) is 59.8 Å². The number of ether oxygens (including phenoxy) is 2. The van der Waals surface area contributed by atoms with Gasteiger partial charge in [0.15, 0.2) is 5.76 Å². The molecule has 3 aromatic rings. The number of aromatic nitrogens is 1. The zero-order valence-electron chi connectivity index (χ0n) is 19.0. The van der Waals surface area contributed by atoms with Gasteiger partial charge in [-0.2, -0.15) is 5.10 Å². The summed E-state index contributed by atoms with van der Waals surface area (Å²) in [5.41, 5.74) is 2.46. The van der Waals surface area contributed by atoms with Crippen molar-refractivity contribution in [3.8, 4) is 11.5 Å². The van der Waals surface area contributed by atoms with Crippen LogP contribution in [0.25, 0.3) is 0 Å². The number of carbonyl (C=O) groups excluding carboxylic acids is 2. The Hall–Kier alpha value is -4.01. The predicted molar refractivity (Wildman–Crippen MR) is 121 cm³/mol. The minimum atomic E-state index is -0.417. The zero-order valence-corrected chi connectivity index (χ0v) is 19.0. The van der Waals surface area contributed by atoms with E-state index in [4.69, 9.17) is 13.9 Å². The van der Waals surface area contributed by atoms with Crippen LogP contribution in [0.1, 0.15) is 34.3 Å². The Labute approximate surface area is 191 Å². The zero-order chi connectivity index (χ0) is 23.5. The average molecular weight is 450 g/mol. The molecule has 9 nitrogen and oxygen atoms in total. The van der Waals surface area contributed by atoms with Gasteiger partial charge in [-0.15, -0.1) is 0 Å². The quantitative estimate of drug-likeness (QED) is 0.552. The SMILES string of the molecule is COc1ccc(OC)c(C2CC(c3cccn3C)=NN2C(=O)CN(C)C(=O)c2ccco2)c1. The van der Waals surface area contributed by atoms with Crippen molar-refractivity contribution < 1.29 is 23.5 Å². The number of amides is 2. The third-order valence-corrected chi connectivity index (χ3v) is 5.65. The van der Waals surface area contributed by atoms with E-state index in [1.165, 1.54) is 16.2 Å². The molecule has 0 fully saturated rings. The Morgan fingerprint density at radius 3 is 2.64 bits per heavy atom. The summed E-state index contributed by atoms with van der Waals surface area (Å²) in [6, 6.07) is 12.1. The van der Waals surface area contributed by atoms with Crippen LogP contribution >= 0.6 is 0 Å². The van der Waals surface area contributed by atoms with E-state index in [1.807, 2.05) is 42.1 Å². The van der Waals surface area contributed by atoms with Gasteiger partial charge in [0.05, 0.1) is 37.9 Å². The van der Waals surface area contributed by atoms with E-state index in [9.17, 15) is 9.59 Å². The summed E-state index contributed by atoms with van der Waals surface area (Å²) >= 11 is 0. The lowest BCUT2D eigenvalue weighted by molar-refractivity contribution is -0.133. The summed E-state index contributed by atoms with van der Waals surface area (Å²) in [7, 11) is 6.66. The van der Waals surface area contributed by atoms with E-state index >= 15 is 0 Å². The molecule has 2 amide bonds. The third kappa shape index (κ3) is 4.34. The molecule has 0 spiro atoms. The van der Waals surface area contributed by atoms with Gasteiger partial charge >= 0.3 is 0 Å². The second kappa shape index (κ2) is 9.23. The number of furan rings is 1. The van der Waals surface area contributed by atoms with Crippen LogP contribution < -0.4 is 9.47 Å². The number of hydrazone groups is 1. The van der Waals surface area contributed by atoms with E-state index < -0.39 is 6.04 Å². The topological polar surface area (TPSA) is 89.5 Å². The normalized spacial score (nSPS) is 15.3. The van der Waals surface area contributed by atoms with Gasteiger partial charge in [0, 0.05) is 32.3 Å². The van der Waals surface area contributed by atoms with Crippen molar-refractivity contribution in [3.63, 3.8) is 0 Å². The van der Waals surface area contributed by atoms with E-state index in [2.05, 4.69) is 5.10 Å². The molecule has 0 aliphatic carbocycles. The molecular weight excluding hydrogens is 424 g/mol. The lowest BCUT2D eigenvalue weighted by atomic mass is 9.99. The molecular formula is C24H26N4O5. The number of nitrogens with zero attached hydrogens (tertiary/aromatic N) is 4. The third-order valence-electron chi connectivity index (χ3n) is 5.65. The first kappa shape index (κ1) is 22.2. The van der Waals surface area contributed by atoms with Crippen LogP contribution in [0, 0.1) is 0 Å². The molecule has 0 radical (unpaired) electrons. The molecule has 1 unspecified atom stereocenters. The molecule has 172 valence electrons. The molecule has 1 aromatic carbocycles. The predicted octanol–water partition coefficient (Wildman–Crippen LogP) is 3.09. The first-order chi connectivity index (χ1) is 15.9. The van der Waals surface area contributed by atoms with Gasteiger partial charge in [-0.25, -0.2) is 5.01 Å². The summed E-state index contributed by atoms with van der Waals surface area (Å²) in [6.07, 6.45) is 3.84. The summed E-state index contributed by atoms with van der Waals surface area (Å²) in [5.74, 6) is 0.745. The number of hydrogen-bond acceptors (Lipinski definition) is 6. The number of likely N-dealkylation sites (N-methyl/N-ethyl adjacent to an activating group) is 1. The number of rotatable bonds is 7. The molecule has 0 bridgehead atoms. The van der Waals surface area contributed by atoms with Crippen LogP contribution in [0.5, 0.6) is 11.5 Å². The van der Waals surface area contributed by atoms with Crippen LogP contribution in [-0.2, 0) is 11.8 Å². The smallest absolute Gasteiger partial charge is 0.289 e. The second-order valence-corrected chi connectivity index (χ2v) is 7.76. The van der Waals surface area contributed by atoms with E-state index in [0.717, 1.165) is 17.0 Å². The lowest BCUT2D eigenvalue weighted by Gasteiger charge is -2.26. The molecule has 1 aliphatic heterocycles. The molecule has 3 heterocycles. The molecule has 0 N–H and O–H groups in total. The molecule has 0 saturated carbocycles. The highest BCUT2D eigenvalue weighted by Gasteiger charge is 2.36. The second-order valence-electron chi connectivity index (χ2n) is 7.76. The fourth-order valence-electron chi connectivity index (χ4n) is 3.93. The van der Waals surface area contributed by atoms with Crippen LogP contribution in [0.3, 0.4) is 0 Å². The van der Waals surface area contributed by atoms with Crippen molar-refractivity contribution in [2.45, 2.75) is 12.5 Å². The Bertz CT molecular complexity index is 1180. The number of carbonyl (C=O) groups is 2. The standard InChI is InChI=1S/C24H26N4O5/c1-26-11-5-7-19(26)18-14-20(17-13-16(31-3)9-10-21(17)32-4)28(25-18)23(29)15-27(2)24(30)22-8-6-12-33-22/h5-13,20H,14-15H2,1-4H3. The number of aryl methyl sites for hydroxylation is 1. The van der Waals surface area contributed by atoms with E-state index in [0.29, 0.717) is 17.9 Å². The molecule has 1 aliphatic rings. The highest BCUT2D eigenvalue weighted by atomic mass is 16.5. The largest absolute Gasteiger partial charge is 0.497 e. The number of hydrogen-bond donors (Lipinski definition) is 0. The van der Waals surface area contributed by atoms with Crippen LogP contribution in [0.2, 0.25) is 0 Å². The summed E-state index contributed by atoms with van der Waals surface area (Å²) in [5, 5.41) is 6.11. The maximum absolute atomic E-state index is 13.4. The molecule has 33 heavy (non-hydrogen) atoms. The van der Waals surface area contributed by atoms with Crippen molar-refractivity contribution in [3.05, 3.63) is 71.9 Å². The van der Waals surface area contributed by atoms with Crippen molar-refractivity contribution >= 4 is 17.5 Å². The maximum Gasteiger partial charge on any atom is 0.289 e. The number of benzene rings is 1. The highest BCUT2D eigenvalue weighted by molar-refractivity contribution is 6.02. The Morgan fingerprint density at radius 1 is 1.18 bits per heavy atom. The van der Waals surface area contributed by atoms with Crippen molar-refractivity contribution in [1.29, 1.82) is 0 Å². The Kier molecular flexibility index (Phi) is 6.21. The van der Waals surface area contributed by atoms with Gasteiger partial charge in [0.2, 0.25) is 0 Å². The van der Waals surface area contributed by atoms with Crippen molar-refractivity contribution in [1.82, 2.24) is 14.5 Å². The van der Waals surface area contributed by atoms with Crippen molar-refractivity contribution in [2.24, 2.45) is 12.1 Å². The van der Waals surface area contributed by atoms with E-state index in [-0.39, 0.29) is 24.1 Å². The van der Waals surface area contributed by atoms with Crippen LogP contribution in [0.15, 0.2) is 64.4 Å². The fourth-order valence-corrected chi connectivity index (χ4v) is 3.93. The summed E-state index contributed by atoms with van der Waals surface area (Å²) in [4.78, 5) is 27.3. The molecule has 1 atom stereocenters. The van der Waals surface area contributed by atoms with Gasteiger partial charge in [0.1, 0.15) is 18.0 Å². The molecule has 2 aromatic heterocycles. The summed E-state index contributed by atoms with van der Waals surface area (Å²) in [6.45, 7) is -0.160. The monoisotopic (exact) mass is 450 g/mol. The van der Waals surface area contributed by atoms with Crippen LogP contribution in [0.4, 0.5) is 0 Å². The van der Waals surface area contributed by atoms with Crippen molar-refractivity contribution in [2.75, 3.05) is 27.8 Å². The van der Waals surface area contributed by atoms with Gasteiger partial charge in [-0.05, 0) is 42.5 Å². The first-order valence-corrected chi connectivity index (χ1v) is 10.4. The molecule has 0 saturated heterocycles. The van der Waals surface area contributed by atoms with E-state index in [1.54, 1.807) is 39.5 Å². The fraction of sp³-hybridized carbons (Fsp3) is 0.292. The molecule has 4 rings (SSSR count). The average Bonchev–Trinajstić information content (AvgIpc) is 3.58. The minimum Gasteiger partial charge on any atom is -0.497 e. The maximum atomic E-state index is 13.4. The lowest BCUT2D eigenvalue weighted by Crippen LogP contribution is -2.39. The van der Waals surface area contributed by atoms with Gasteiger partial charge < -0.3 is 23.4 Å². The Morgan fingerprint density at radius 2 is 2.00 bits per heavy atom. The first-order valence-electron chi connectivity index (χ1n) is 10.4. The minimum absolute atomic E-state index is 0.160. The van der Waals surface area contributed by atoms with Gasteiger partial charge in [0.25, 0.3) is 11.8 Å². The Balaban J connectivity index is 1.67. The summed E-state index contributed by atoms with van der Waals surface area (Å²) < 4.78 is 18.1.